The molecule has 1 aromatic heterocycles. The smallest absolute Gasteiger partial charge is 0.227 e. The number of hydrogen-bond acceptors (Lipinski definition) is 4. The van der Waals surface area contributed by atoms with E-state index in [2.05, 4.69) is 46.9 Å². The van der Waals surface area contributed by atoms with Gasteiger partial charge < -0.3 is 15.0 Å². The van der Waals surface area contributed by atoms with Gasteiger partial charge in [-0.15, -0.1) is 0 Å². The lowest BCUT2D eigenvalue weighted by Gasteiger charge is -2.32. The maximum Gasteiger partial charge on any atom is 0.227 e. The summed E-state index contributed by atoms with van der Waals surface area (Å²) in [4.78, 5) is 15.4. The molecule has 2 atom stereocenters. The third kappa shape index (κ3) is 3.80. The molecule has 4 rings (SSSR count). The molecule has 2 heterocycles. The molecule has 28 heavy (non-hydrogen) atoms. The van der Waals surface area contributed by atoms with Crippen LogP contribution in [0.1, 0.15) is 49.9 Å². The molecule has 152 valence electrons. The number of aryl methyl sites for hydroxylation is 2. The highest BCUT2D eigenvalue weighted by Gasteiger charge is 2.39. The quantitative estimate of drug-likeness (QED) is 0.711. The summed E-state index contributed by atoms with van der Waals surface area (Å²) in [5.41, 5.74) is 3.41. The molecule has 1 aliphatic heterocycles. The number of benzene rings is 1. The highest BCUT2D eigenvalue weighted by atomic mass is 16.5. The molecular weight excluding hydrogens is 352 g/mol. The van der Waals surface area contributed by atoms with Gasteiger partial charge in [-0.3, -0.25) is 9.48 Å². The average molecular weight is 385 g/mol. The number of aromatic nitrogens is 2. The van der Waals surface area contributed by atoms with Gasteiger partial charge in [-0.2, -0.15) is 5.10 Å². The highest BCUT2D eigenvalue weighted by molar-refractivity contribution is 5.83. The van der Waals surface area contributed by atoms with E-state index in [9.17, 15) is 4.79 Å². The first kappa shape index (κ1) is 19.4. The molecule has 6 nitrogen and oxygen atoms in total. The minimum Gasteiger partial charge on any atom is -0.385 e. The molecular formula is C22H32N4O2. The number of amides is 1. The Balaban J connectivity index is 1.61. The number of nitrogens with zero attached hydrogens (tertiary/aromatic N) is 3. The normalized spacial score (nSPS) is 20.6. The van der Waals surface area contributed by atoms with Gasteiger partial charge in [0, 0.05) is 38.2 Å². The summed E-state index contributed by atoms with van der Waals surface area (Å²) in [6.07, 6.45) is 4.16. The van der Waals surface area contributed by atoms with Crippen LogP contribution in [-0.4, -0.2) is 53.4 Å². The van der Waals surface area contributed by atoms with Gasteiger partial charge >= 0.3 is 0 Å². The lowest BCUT2D eigenvalue weighted by molar-refractivity contribution is -0.137. The second kappa shape index (κ2) is 8.21. The van der Waals surface area contributed by atoms with Gasteiger partial charge in [-0.05, 0) is 57.7 Å². The van der Waals surface area contributed by atoms with E-state index >= 15 is 0 Å². The molecule has 1 saturated carbocycles. The summed E-state index contributed by atoms with van der Waals surface area (Å²) in [5, 5.41) is 9.25. The maximum atomic E-state index is 13.2. The van der Waals surface area contributed by atoms with Crippen LogP contribution >= 0.6 is 0 Å². The van der Waals surface area contributed by atoms with E-state index in [1.54, 1.807) is 7.11 Å². The maximum absolute atomic E-state index is 13.2. The van der Waals surface area contributed by atoms with Crippen molar-refractivity contribution in [1.82, 2.24) is 20.0 Å². The Hall–Kier alpha value is -1.92. The Morgan fingerprint density at radius 1 is 1.39 bits per heavy atom. The molecule has 1 N–H and O–H groups in total. The van der Waals surface area contributed by atoms with Crippen molar-refractivity contribution in [3.05, 3.63) is 29.5 Å². The molecule has 1 aliphatic carbocycles. The second-order valence-electron chi connectivity index (χ2n) is 8.27. The fourth-order valence-electron chi connectivity index (χ4n) is 4.42. The van der Waals surface area contributed by atoms with Crippen LogP contribution in [-0.2, 0) is 16.1 Å². The van der Waals surface area contributed by atoms with Crippen LogP contribution in [0.5, 0.6) is 0 Å². The first-order valence-corrected chi connectivity index (χ1v) is 10.6. The summed E-state index contributed by atoms with van der Waals surface area (Å²) < 4.78 is 7.28. The summed E-state index contributed by atoms with van der Waals surface area (Å²) in [6, 6.07) is 7.09. The van der Waals surface area contributed by atoms with E-state index in [0.29, 0.717) is 11.9 Å². The number of methoxy groups -OCH3 is 1. The van der Waals surface area contributed by atoms with Crippen LogP contribution in [0.2, 0.25) is 0 Å². The van der Waals surface area contributed by atoms with Crippen LogP contribution < -0.4 is 5.32 Å². The van der Waals surface area contributed by atoms with Gasteiger partial charge in [0.2, 0.25) is 5.91 Å². The summed E-state index contributed by atoms with van der Waals surface area (Å²) in [5.74, 6) is 0.457. The third-order valence-electron chi connectivity index (χ3n) is 6.18. The van der Waals surface area contributed by atoms with Crippen molar-refractivity contribution in [3.8, 4) is 0 Å². The summed E-state index contributed by atoms with van der Waals surface area (Å²) in [7, 11) is 1.73. The first-order chi connectivity index (χ1) is 13.6. The average Bonchev–Trinajstić information content (AvgIpc) is 3.26. The number of carbonyl (C=O) groups excluding carboxylic acids is 1. The predicted octanol–water partition coefficient (Wildman–Crippen LogP) is 3.04. The number of nitrogens with one attached hydrogen (secondary N) is 1. The fraction of sp³-hybridized carbons (Fsp3) is 0.636. The Labute approximate surface area is 167 Å². The highest BCUT2D eigenvalue weighted by Crippen LogP contribution is 2.37. The Bertz CT molecular complexity index is 836. The van der Waals surface area contributed by atoms with Gasteiger partial charge in [0.1, 0.15) is 0 Å². The van der Waals surface area contributed by atoms with Gasteiger partial charge in [0.15, 0.2) is 0 Å². The third-order valence-corrected chi connectivity index (χ3v) is 6.18. The standard InChI is InChI=1S/C22H32N4O2/c1-15-20-8-5-17(13-21(20)25(24-15)11-4-12-28-3)16(2)26(19-6-7-19)22(27)18-9-10-23-14-18/h5,8,13,16,18-19,23H,4,6-7,9-12,14H2,1-3H3/t16?,18-/m1/s1. The Kier molecular flexibility index (Phi) is 5.69. The van der Waals surface area contributed by atoms with E-state index in [1.165, 1.54) is 10.9 Å². The van der Waals surface area contributed by atoms with Gasteiger partial charge in [-0.1, -0.05) is 12.1 Å². The van der Waals surface area contributed by atoms with E-state index in [1.807, 2.05) is 0 Å². The van der Waals surface area contributed by atoms with Crippen molar-refractivity contribution in [2.45, 2.75) is 58.2 Å². The molecule has 2 aromatic rings. The zero-order chi connectivity index (χ0) is 19.7. The summed E-state index contributed by atoms with van der Waals surface area (Å²) in [6.45, 7) is 7.59. The van der Waals surface area contributed by atoms with E-state index in [0.717, 1.165) is 63.1 Å². The predicted molar refractivity (Wildman–Crippen MR) is 110 cm³/mol. The SMILES string of the molecule is COCCCn1nc(C)c2ccc(C(C)N(C(=O)[C@@H]3CCNC3)C3CC3)cc21. The molecule has 0 radical (unpaired) electrons. The molecule has 6 heteroatoms. The Morgan fingerprint density at radius 2 is 2.21 bits per heavy atom. The molecule has 1 saturated heterocycles. The van der Waals surface area contributed by atoms with Gasteiger partial charge in [0.25, 0.3) is 0 Å². The van der Waals surface area contributed by atoms with Crippen molar-refractivity contribution in [1.29, 1.82) is 0 Å². The van der Waals surface area contributed by atoms with Crippen molar-refractivity contribution in [3.63, 3.8) is 0 Å². The monoisotopic (exact) mass is 384 g/mol. The van der Waals surface area contributed by atoms with Crippen molar-refractivity contribution in [2.75, 3.05) is 26.8 Å². The molecule has 2 fully saturated rings. The summed E-state index contributed by atoms with van der Waals surface area (Å²) >= 11 is 0. The topological polar surface area (TPSA) is 59.4 Å². The number of carbonyl (C=O) groups is 1. The number of rotatable bonds is 8. The van der Waals surface area contributed by atoms with Crippen LogP contribution in [0.25, 0.3) is 10.9 Å². The molecule has 2 aliphatic rings. The Morgan fingerprint density at radius 3 is 2.89 bits per heavy atom. The van der Waals surface area contributed by atoms with Crippen LogP contribution in [0.4, 0.5) is 0 Å². The molecule has 1 unspecified atom stereocenters. The minimum atomic E-state index is 0.0904. The lowest BCUT2D eigenvalue weighted by atomic mass is 10.0. The van der Waals surface area contributed by atoms with Gasteiger partial charge in [0.05, 0.1) is 23.2 Å². The minimum absolute atomic E-state index is 0.0904. The molecule has 0 bridgehead atoms. The number of hydrogen-bond donors (Lipinski definition) is 1. The number of fused-ring (bicyclic) bond motifs is 1. The number of ether oxygens (including phenoxy) is 1. The van der Waals surface area contributed by atoms with Crippen molar-refractivity contribution >= 4 is 16.8 Å². The molecule has 1 amide bonds. The van der Waals surface area contributed by atoms with E-state index in [4.69, 9.17) is 9.84 Å². The zero-order valence-corrected chi connectivity index (χ0v) is 17.3. The van der Waals surface area contributed by atoms with Crippen molar-refractivity contribution in [2.24, 2.45) is 5.92 Å². The zero-order valence-electron chi connectivity index (χ0n) is 17.3. The lowest BCUT2D eigenvalue weighted by Crippen LogP contribution is -2.40. The second-order valence-corrected chi connectivity index (χ2v) is 8.27. The molecule has 1 aromatic carbocycles. The largest absolute Gasteiger partial charge is 0.385 e. The van der Waals surface area contributed by atoms with Crippen molar-refractivity contribution < 1.29 is 9.53 Å². The van der Waals surface area contributed by atoms with Crippen LogP contribution in [0, 0.1) is 12.8 Å². The van der Waals surface area contributed by atoms with Gasteiger partial charge in [-0.25, -0.2) is 0 Å². The first-order valence-electron chi connectivity index (χ1n) is 10.6. The fourth-order valence-corrected chi connectivity index (χ4v) is 4.42. The van der Waals surface area contributed by atoms with Crippen LogP contribution in [0.3, 0.4) is 0 Å². The van der Waals surface area contributed by atoms with E-state index < -0.39 is 0 Å². The molecule has 0 spiro atoms. The van der Waals surface area contributed by atoms with Crippen LogP contribution in [0.15, 0.2) is 18.2 Å². The van der Waals surface area contributed by atoms with E-state index in [-0.39, 0.29) is 12.0 Å².